The number of piperidine rings is 2. The maximum atomic E-state index is 13.4. The Balaban J connectivity index is 0.829. The predicted octanol–water partition coefficient (Wildman–Crippen LogP) is 3.70. The highest BCUT2D eigenvalue weighted by molar-refractivity contribution is 6.07. The largest absolute Gasteiger partial charge is 0.433 e. The van der Waals surface area contributed by atoms with E-state index >= 15 is 0 Å². The van der Waals surface area contributed by atoms with Gasteiger partial charge in [-0.15, -0.1) is 0 Å². The van der Waals surface area contributed by atoms with Gasteiger partial charge in [0.25, 0.3) is 11.8 Å². The van der Waals surface area contributed by atoms with Gasteiger partial charge in [-0.1, -0.05) is 12.1 Å². The number of imidazole rings is 1. The van der Waals surface area contributed by atoms with E-state index < -0.39 is 41.3 Å². The number of amides is 4. The fourth-order valence-corrected chi connectivity index (χ4v) is 8.46. The Bertz CT molecular complexity index is 2510. The number of hydrogen-bond acceptors (Lipinski definition) is 10. The van der Waals surface area contributed by atoms with Crippen LogP contribution >= 0.6 is 0 Å². The van der Waals surface area contributed by atoms with Crippen molar-refractivity contribution in [3.05, 3.63) is 94.4 Å². The summed E-state index contributed by atoms with van der Waals surface area (Å²) in [6, 6.07) is 15.6. The molecule has 3 saturated heterocycles. The number of benzene rings is 2. The van der Waals surface area contributed by atoms with E-state index in [1.165, 1.54) is 15.4 Å². The quantitative estimate of drug-likeness (QED) is 0.176. The molecule has 0 spiro atoms. The van der Waals surface area contributed by atoms with Crippen molar-refractivity contribution in [1.29, 1.82) is 0 Å². The monoisotopic (exact) mass is 827 g/mol. The summed E-state index contributed by atoms with van der Waals surface area (Å²) in [6.07, 6.45) is 0.278. The summed E-state index contributed by atoms with van der Waals surface area (Å²) in [6.45, 7) is 6.22. The number of pyridine rings is 1. The second-order valence-electron chi connectivity index (χ2n) is 15.4. The Kier molecular flexibility index (Phi) is 10.9. The van der Waals surface area contributed by atoms with Crippen molar-refractivity contribution < 1.29 is 32.3 Å². The van der Waals surface area contributed by atoms with Crippen molar-refractivity contribution in [2.24, 2.45) is 18.7 Å². The summed E-state index contributed by atoms with van der Waals surface area (Å²) >= 11 is 0. The lowest BCUT2D eigenvalue weighted by Gasteiger charge is -2.38. The van der Waals surface area contributed by atoms with Crippen LogP contribution in [0.25, 0.3) is 16.7 Å². The highest BCUT2D eigenvalue weighted by Gasteiger charge is 2.34. The van der Waals surface area contributed by atoms with E-state index in [0.29, 0.717) is 23.5 Å². The van der Waals surface area contributed by atoms with Gasteiger partial charge in [-0.25, -0.2) is 14.5 Å². The van der Waals surface area contributed by atoms with E-state index in [0.717, 1.165) is 100 Å². The van der Waals surface area contributed by atoms with E-state index in [-0.39, 0.29) is 29.4 Å². The number of carbonyl (C=O) groups excluding carboxylic acids is 4. The van der Waals surface area contributed by atoms with Gasteiger partial charge in [0.05, 0.1) is 34.3 Å². The first-order valence-electron chi connectivity index (χ1n) is 19.9. The Morgan fingerprint density at radius 3 is 2.27 bits per heavy atom. The second kappa shape index (κ2) is 16.3. The lowest BCUT2D eigenvalue weighted by molar-refractivity contribution is -0.141. The van der Waals surface area contributed by atoms with Gasteiger partial charge in [0.15, 0.2) is 5.69 Å². The number of nitrogens with two attached hydrogens (primary N) is 1. The summed E-state index contributed by atoms with van der Waals surface area (Å²) < 4.78 is 43.9. The maximum Gasteiger partial charge on any atom is 0.433 e. The molecule has 0 saturated carbocycles. The molecule has 19 heteroatoms. The lowest BCUT2D eigenvalue weighted by Crippen LogP contribution is -2.47. The molecule has 4 N–H and O–H groups in total. The fourth-order valence-electron chi connectivity index (χ4n) is 8.46. The molecule has 16 nitrogen and oxygen atoms in total. The average molecular weight is 828 g/mol. The van der Waals surface area contributed by atoms with Gasteiger partial charge < -0.3 is 20.9 Å². The first-order chi connectivity index (χ1) is 28.7. The molecule has 3 aromatic heterocycles. The molecule has 5 aromatic rings. The molecule has 3 aliphatic rings. The van der Waals surface area contributed by atoms with Gasteiger partial charge >= 0.3 is 11.9 Å². The third-order valence-electron chi connectivity index (χ3n) is 11.7. The van der Waals surface area contributed by atoms with E-state index in [9.17, 15) is 37.1 Å². The molecule has 1 atom stereocenters. The normalized spacial score (nSPS) is 18.2. The van der Waals surface area contributed by atoms with Crippen LogP contribution in [0.15, 0.2) is 71.7 Å². The van der Waals surface area contributed by atoms with Gasteiger partial charge in [0.1, 0.15) is 17.4 Å². The minimum Gasteiger partial charge on any atom is -0.370 e. The van der Waals surface area contributed by atoms with Crippen LogP contribution in [-0.4, -0.2) is 98.2 Å². The van der Waals surface area contributed by atoms with Crippen LogP contribution in [0.4, 0.5) is 30.2 Å². The molecule has 8 rings (SSSR count). The molecule has 3 fully saturated rings. The van der Waals surface area contributed by atoms with Crippen molar-refractivity contribution >= 4 is 51.7 Å². The number of halogens is 3. The van der Waals surface area contributed by atoms with Gasteiger partial charge in [-0.05, 0) is 86.7 Å². The predicted molar refractivity (Wildman–Crippen MR) is 216 cm³/mol. The lowest BCUT2D eigenvalue weighted by atomic mass is 9.93. The Labute approximate surface area is 341 Å². The van der Waals surface area contributed by atoms with Crippen molar-refractivity contribution in [3.63, 3.8) is 0 Å². The molecule has 2 aromatic carbocycles. The van der Waals surface area contributed by atoms with Crippen LogP contribution < -0.4 is 31.9 Å². The zero-order valence-electron chi connectivity index (χ0n) is 32.8. The molecule has 3 aliphatic heterocycles. The highest BCUT2D eigenvalue weighted by atomic mass is 19.4. The number of anilines is 3. The van der Waals surface area contributed by atoms with Gasteiger partial charge in [0.2, 0.25) is 11.8 Å². The minimum absolute atomic E-state index is 0.0672. The van der Waals surface area contributed by atoms with E-state index in [1.54, 1.807) is 11.6 Å². The molecular weight excluding hydrogens is 784 g/mol. The third kappa shape index (κ3) is 8.08. The summed E-state index contributed by atoms with van der Waals surface area (Å²) in [5.74, 6) is -2.07. The number of hydrogen-bond donors (Lipinski definition) is 3. The Hall–Kier alpha value is -6.50. The van der Waals surface area contributed by atoms with Gasteiger partial charge in [0, 0.05) is 58.4 Å². The molecule has 1 unspecified atom stereocenters. The maximum absolute atomic E-state index is 13.4. The molecule has 0 radical (unpaired) electrons. The first-order valence-corrected chi connectivity index (χ1v) is 19.9. The summed E-state index contributed by atoms with van der Waals surface area (Å²) in [5.41, 5.74) is 7.26. The molecule has 0 aliphatic carbocycles. The number of nitrogens with one attached hydrogen (secondary N) is 2. The molecule has 4 amide bonds. The zero-order chi connectivity index (χ0) is 42.3. The summed E-state index contributed by atoms with van der Waals surface area (Å²) in [4.78, 5) is 73.3. The minimum atomic E-state index is -4.73. The topological polar surface area (TPSA) is 186 Å². The zero-order valence-corrected chi connectivity index (χ0v) is 32.8. The number of carbonyl (C=O) groups is 4. The van der Waals surface area contributed by atoms with Crippen LogP contribution in [0, 0.1) is 5.92 Å². The van der Waals surface area contributed by atoms with Crippen LogP contribution in [0.5, 0.6) is 0 Å². The second-order valence-corrected chi connectivity index (χ2v) is 15.4. The van der Waals surface area contributed by atoms with Crippen molar-refractivity contribution in [1.82, 2.24) is 34.1 Å². The van der Waals surface area contributed by atoms with E-state index in [2.05, 4.69) is 35.4 Å². The number of fused-ring (bicyclic) bond motifs is 1. The Morgan fingerprint density at radius 2 is 1.58 bits per heavy atom. The van der Waals surface area contributed by atoms with Crippen LogP contribution in [0.2, 0.25) is 0 Å². The smallest absolute Gasteiger partial charge is 0.370 e. The number of primary amides is 1. The number of para-hydroxylation sites is 1. The SMILES string of the molecule is Cn1c(=O)n(C2CCC(=O)NC2=O)c2cccc(N3CCC(CCN4CCN(c5ccc(-n6cc(NC(=O)c7cccc(C(F)(F)F)n7)c(C(N)=O)n6)cc5)CC4)CC3)c21. The van der Waals surface area contributed by atoms with Crippen molar-refractivity contribution in [3.8, 4) is 5.69 Å². The van der Waals surface area contributed by atoms with Crippen molar-refractivity contribution in [2.75, 3.05) is 60.9 Å². The standard InChI is InChI=1S/C41H44F3N11O5/c1-50-36-30(5-3-6-31(36)55(40(50)60)32-12-13-34(56)48-39(32)59)53-18-15-25(16-19-53)14-17-51-20-22-52(23-21-51)26-8-10-27(11-9-26)54-24-29(35(49-54)37(45)57)47-38(58)28-4-2-7-33(46-28)41(42,43)44/h2-11,24-25,32H,12-23H2,1H3,(H2,45,57)(H,47,58)(H,48,56,59). The number of aromatic nitrogens is 5. The Morgan fingerprint density at radius 1 is 0.883 bits per heavy atom. The highest BCUT2D eigenvalue weighted by Crippen LogP contribution is 2.33. The molecule has 314 valence electrons. The third-order valence-corrected chi connectivity index (χ3v) is 11.7. The average Bonchev–Trinajstić information content (AvgIpc) is 3.78. The number of aryl methyl sites for hydroxylation is 1. The van der Waals surface area contributed by atoms with Crippen LogP contribution in [0.3, 0.4) is 0 Å². The van der Waals surface area contributed by atoms with Gasteiger partial charge in [-0.2, -0.15) is 18.3 Å². The van der Waals surface area contributed by atoms with Gasteiger partial charge in [-0.3, -0.25) is 38.5 Å². The number of piperazine rings is 1. The summed E-state index contributed by atoms with van der Waals surface area (Å²) in [5, 5.41) is 9.01. The summed E-state index contributed by atoms with van der Waals surface area (Å²) in [7, 11) is 1.73. The number of rotatable bonds is 10. The number of imide groups is 1. The van der Waals surface area contributed by atoms with Crippen molar-refractivity contribution in [2.45, 2.75) is 44.3 Å². The molecule has 6 heterocycles. The fraction of sp³-hybridized carbons (Fsp3) is 0.390. The molecule has 60 heavy (non-hydrogen) atoms. The van der Waals surface area contributed by atoms with E-state index in [4.69, 9.17) is 5.73 Å². The first kappa shape index (κ1) is 40.3. The van der Waals surface area contributed by atoms with Crippen LogP contribution in [-0.2, 0) is 22.8 Å². The number of alkyl halides is 3. The van der Waals surface area contributed by atoms with E-state index in [1.807, 2.05) is 42.5 Å². The molecular formula is C41H44F3N11O5. The number of nitrogens with zero attached hydrogens (tertiary/aromatic N) is 8. The molecule has 0 bridgehead atoms. The van der Waals surface area contributed by atoms with Crippen LogP contribution in [0.1, 0.15) is 64.8 Å².